The van der Waals surface area contributed by atoms with Gasteiger partial charge in [0.2, 0.25) is 0 Å². The first kappa shape index (κ1) is 95.1. The van der Waals surface area contributed by atoms with Gasteiger partial charge in [-0.05, 0) is 37.5 Å². The topological polar surface area (TPSA) is 237 Å². The molecule has 0 aromatic heterocycles. The molecular weight excluding hydrogens is 1270 g/mol. The van der Waals surface area contributed by atoms with Gasteiger partial charge >= 0.3 is 39.5 Å². The van der Waals surface area contributed by atoms with E-state index in [0.717, 1.165) is 102 Å². The number of unbranched alkanes of at least 4 members (excludes halogenated alkanes) is 46. The van der Waals surface area contributed by atoms with E-state index in [1.807, 2.05) is 0 Å². The van der Waals surface area contributed by atoms with Crippen molar-refractivity contribution in [1.29, 1.82) is 0 Å². The summed E-state index contributed by atoms with van der Waals surface area (Å²) in [6.07, 6.45) is 58.2. The van der Waals surface area contributed by atoms with E-state index in [4.69, 9.17) is 37.0 Å². The largest absolute Gasteiger partial charge is 0.472 e. The maximum Gasteiger partial charge on any atom is 0.472 e. The third-order valence-electron chi connectivity index (χ3n) is 18.6. The Hall–Kier alpha value is -1.94. The van der Waals surface area contributed by atoms with Crippen LogP contribution in [-0.4, -0.2) is 96.7 Å². The Labute approximate surface area is 594 Å². The Bertz CT molecular complexity index is 1870. The standard InChI is InChI=1S/C78H152O17P2/c1-7-10-12-14-16-18-20-22-23-24-29-32-36-42-48-54-60-75(80)88-66-73(94-78(83)63-57-51-44-38-34-30-26-25-28-31-35-41-47-53-59-71(6)9-3)68-92-96(84,85)90-64-72(79)65-91-97(86,87)93-69-74(67-89-76(81)61-55-49-45-39-40-46-52-58-70(4)5)95-77(82)62-56-50-43-37-33-27-21-19-17-15-13-11-8-2/h70-74,79H,7-69H2,1-6H3,(H,84,85)(H,86,87)/t71?,72-,73-,74-/m1/s1. The predicted molar refractivity (Wildman–Crippen MR) is 395 cm³/mol. The van der Waals surface area contributed by atoms with Gasteiger partial charge in [-0.2, -0.15) is 0 Å². The second kappa shape index (κ2) is 69.8. The van der Waals surface area contributed by atoms with Crippen LogP contribution < -0.4 is 0 Å². The van der Waals surface area contributed by atoms with E-state index in [-0.39, 0.29) is 25.7 Å². The molecular formula is C78H152O17P2. The third kappa shape index (κ3) is 70.9. The number of phosphoric ester groups is 2. The highest BCUT2D eigenvalue weighted by Crippen LogP contribution is 2.45. The second-order valence-electron chi connectivity index (χ2n) is 28.8. The highest BCUT2D eigenvalue weighted by molar-refractivity contribution is 7.47. The first-order chi connectivity index (χ1) is 46.9. The van der Waals surface area contributed by atoms with Gasteiger partial charge in [0, 0.05) is 25.7 Å². The quantitative estimate of drug-likeness (QED) is 0.0222. The minimum atomic E-state index is -4.96. The van der Waals surface area contributed by atoms with Crippen molar-refractivity contribution in [2.24, 2.45) is 11.8 Å². The van der Waals surface area contributed by atoms with Crippen LogP contribution in [0, 0.1) is 11.8 Å². The molecule has 0 aromatic carbocycles. The van der Waals surface area contributed by atoms with Crippen LogP contribution in [0.25, 0.3) is 0 Å². The van der Waals surface area contributed by atoms with Gasteiger partial charge in [-0.3, -0.25) is 37.3 Å². The first-order valence-electron chi connectivity index (χ1n) is 40.5. The van der Waals surface area contributed by atoms with Crippen LogP contribution >= 0.6 is 15.6 Å². The van der Waals surface area contributed by atoms with E-state index in [1.54, 1.807) is 0 Å². The molecule has 0 amide bonds. The van der Waals surface area contributed by atoms with Crippen LogP contribution in [0.15, 0.2) is 0 Å². The fraction of sp³-hybridized carbons (Fsp3) is 0.949. The molecule has 0 aliphatic rings. The summed E-state index contributed by atoms with van der Waals surface area (Å²) in [7, 11) is -9.91. The number of aliphatic hydroxyl groups is 1. The van der Waals surface area contributed by atoms with Gasteiger partial charge in [0.05, 0.1) is 26.4 Å². The van der Waals surface area contributed by atoms with Crippen molar-refractivity contribution in [2.45, 2.75) is 426 Å². The Morgan fingerprint density at radius 1 is 0.299 bits per heavy atom. The van der Waals surface area contributed by atoms with Crippen molar-refractivity contribution in [1.82, 2.24) is 0 Å². The van der Waals surface area contributed by atoms with E-state index in [0.29, 0.717) is 31.6 Å². The normalized spacial score (nSPS) is 14.2. The lowest BCUT2D eigenvalue weighted by Gasteiger charge is -2.21. The van der Waals surface area contributed by atoms with Crippen LogP contribution in [0.3, 0.4) is 0 Å². The number of hydrogen-bond donors (Lipinski definition) is 3. The number of hydrogen-bond acceptors (Lipinski definition) is 15. The Morgan fingerprint density at radius 3 is 0.784 bits per heavy atom. The number of aliphatic hydroxyl groups excluding tert-OH is 1. The van der Waals surface area contributed by atoms with Gasteiger partial charge in [0.1, 0.15) is 19.3 Å². The summed E-state index contributed by atoms with van der Waals surface area (Å²) in [6, 6.07) is 0. The maximum absolute atomic E-state index is 13.1. The average Bonchev–Trinajstić information content (AvgIpc) is 1.20. The number of ether oxygens (including phenoxy) is 4. The van der Waals surface area contributed by atoms with Crippen LogP contribution in [-0.2, 0) is 65.4 Å². The molecule has 17 nitrogen and oxygen atoms in total. The molecule has 0 saturated carbocycles. The summed E-state index contributed by atoms with van der Waals surface area (Å²) < 4.78 is 68.6. The van der Waals surface area contributed by atoms with Crippen LogP contribution in [0.4, 0.5) is 0 Å². The summed E-state index contributed by atoms with van der Waals surface area (Å²) in [5, 5.41) is 10.6. The smallest absolute Gasteiger partial charge is 0.462 e. The number of carbonyl (C=O) groups is 4. The molecule has 0 aliphatic heterocycles. The van der Waals surface area contributed by atoms with Gasteiger partial charge in [-0.1, -0.05) is 356 Å². The van der Waals surface area contributed by atoms with Crippen molar-refractivity contribution >= 4 is 39.5 Å². The van der Waals surface area contributed by atoms with Gasteiger partial charge in [0.15, 0.2) is 12.2 Å². The molecule has 0 aromatic rings. The SMILES string of the molecule is CCCCCCCCCCCCCCCCCCC(=O)OC[C@H](COP(=O)(O)OC[C@@H](O)COP(=O)(O)OC[C@@H](COC(=O)CCCCCCCCCC(C)C)OC(=O)CCCCCCCCCCCCCCC)OC(=O)CCCCCCCCCCCCCCCCC(C)CC. The van der Waals surface area contributed by atoms with E-state index in [9.17, 15) is 43.2 Å². The lowest BCUT2D eigenvalue weighted by Crippen LogP contribution is -2.30. The monoisotopic (exact) mass is 1420 g/mol. The van der Waals surface area contributed by atoms with E-state index in [1.165, 1.54) is 218 Å². The number of esters is 4. The van der Waals surface area contributed by atoms with Gasteiger partial charge < -0.3 is 33.8 Å². The van der Waals surface area contributed by atoms with Crippen molar-refractivity contribution in [2.75, 3.05) is 39.6 Å². The maximum atomic E-state index is 13.1. The molecule has 0 spiro atoms. The predicted octanol–water partition coefficient (Wildman–Crippen LogP) is 23.1. The van der Waals surface area contributed by atoms with Crippen molar-refractivity contribution in [3.63, 3.8) is 0 Å². The fourth-order valence-electron chi connectivity index (χ4n) is 12.0. The minimum absolute atomic E-state index is 0.107. The lowest BCUT2D eigenvalue weighted by molar-refractivity contribution is -0.161. The average molecular weight is 1420 g/mol. The summed E-state index contributed by atoms with van der Waals surface area (Å²) in [4.78, 5) is 72.9. The van der Waals surface area contributed by atoms with Crippen molar-refractivity contribution < 1.29 is 80.2 Å². The van der Waals surface area contributed by atoms with Crippen molar-refractivity contribution in [3.05, 3.63) is 0 Å². The summed E-state index contributed by atoms with van der Waals surface area (Å²) in [5.41, 5.74) is 0. The molecule has 97 heavy (non-hydrogen) atoms. The molecule has 0 heterocycles. The lowest BCUT2D eigenvalue weighted by atomic mass is 9.99. The Morgan fingerprint density at radius 2 is 0.526 bits per heavy atom. The molecule has 19 heteroatoms. The summed E-state index contributed by atoms with van der Waals surface area (Å²) in [5.74, 6) is -0.561. The zero-order chi connectivity index (χ0) is 71.4. The van der Waals surface area contributed by atoms with Crippen molar-refractivity contribution in [3.8, 4) is 0 Å². The summed E-state index contributed by atoms with van der Waals surface area (Å²) in [6.45, 7) is 9.62. The molecule has 0 radical (unpaired) electrons. The Balaban J connectivity index is 5.24. The molecule has 6 atom stereocenters. The highest BCUT2D eigenvalue weighted by atomic mass is 31.2. The van der Waals surface area contributed by atoms with Gasteiger partial charge in [0.25, 0.3) is 0 Å². The van der Waals surface area contributed by atoms with Crippen LogP contribution in [0.1, 0.15) is 408 Å². The molecule has 0 fully saturated rings. The number of carbonyl (C=O) groups excluding carboxylic acids is 4. The molecule has 3 unspecified atom stereocenters. The molecule has 0 bridgehead atoms. The van der Waals surface area contributed by atoms with Crippen LogP contribution in [0.2, 0.25) is 0 Å². The molecule has 3 N–H and O–H groups in total. The molecule has 0 saturated heterocycles. The van der Waals surface area contributed by atoms with E-state index >= 15 is 0 Å². The zero-order valence-corrected chi connectivity index (χ0v) is 65.2. The van der Waals surface area contributed by atoms with E-state index in [2.05, 4.69) is 41.5 Å². The molecule has 0 rings (SSSR count). The highest BCUT2D eigenvalue weighted by Gasteiger charge is 2.30. The van der Waals surface area contributed by atoms with Crippen LogP contribution in [0.5, 0.6) is 0 Å². The number of phosphoric acid groups is 2. The third-order valence-corrected chi connectivity index (χ3v) is 20.5. The molecule has 0 aliphatic carbocycles. The first-order valence-corrected chi connectivity index (χ1v) is 43.5. The minimum Gasteiger partial charge on any atom is -0.462 e. The number of rotatable bonds is 77. The summed E-state index contributed by atoms with van der Waals surface area (Å²) >= 11 is 0. The zero-order valence-electron chi connectivity index (χ0n) is 63.4. The van der Waals surface area contributed by atoms with Gasteiger partial charge in [-0.25, -0.2) is 9.13 Å². The van der Waals surface area contributed by atoms with E-state index < -0.39 is 97.5 Å². The second-order valence-corrected chi connectivity index (χ2v) is 31.7. The fourth-order valence-corrected chi connectivity index (χ4v) is 13.6. The molecule has 576 valence electrons. The Kier molecular flexibility index (Phi) is 68.4. The van der Waals surface area contributed by atoms with Gasteiger partial charge in [-0.15, -0.1) is 0 Å².